The molecule has 142 valence electrons. The van der Waals surface area contributed by atoms with Crippen molar-refractivity contribution in [3.63, 3.8) is 0 Å². The van der Waals surface area contributed by atoms with Gasteiger partial charge in [0.25, 0.3) is 5.91 Å². The first-order valence-corrected chi connectivity index (χ1v) is 9.38. The summed E-state index contributed by atoms with van der Waals surface area (Å²) in [5.74, 6) is -0.469. The van der Waals surface area contributed by atoms with Gasteiger partial charge in [-0.2, -0.15) is 13.5 Å². The highest BCUT2D eigenvalue weighted by Gasteiger charge is 2.49. The second-order valence-electron chi connectivity index (χ2n) is 7.20. The third-order valence-electron chi connectivity index (χ3n) is 4.88. The maximum Gasteiger partial charge on any atom is 0.418 e. The highest BCUT2D eigenvalue weighted by Crippen LogP contribution is 2.31. The van der Waals surface area contributed by atoms with Gasteiger partial charge in [-0.05, 0) is 12.8 Å². The summed E-state index contributed by atoms with van der Waals surface area (Å²) in [6.07, 6.45) is 0.511. The summed E-state index contributed by atoms with van der Waals surface area (Å²) in [4.78, 5) is 31.4. The highest BCUT2D eigenvalue weighted by atomic mass is 32.3. The Bertz CT molecular complexity index is 667. The lowest BCUT2D eigenvalue weighted by Crippen LogP contribution is -2.51. The van der Waals surface area contributed by atoms with Crippen molar-refractivity contribution < 1.29 is 31.7 Å². The number of urea groups is 1. The number of piperidine rings is 1. The number of fused-ring (bicyclic) bond motifs is 2. The molecular formula is C13H22N4O7S. The van der Waals surface area contributed by atoms with Gasteiger partial charge in [-0.3, -0.25) is 14.2 Å². The molecule has 25 heavy (non-hydrogen) atoms. The number of nitrogens with zero attached hydrogens (tertiary/aromatic N) is 2. The molecule has 0 saturated carbocycles. The average molecular weight is 378 g/mol. The van der Waals surface area contributed by atoms with E-state index in [2.05, 4.69) is 15.1 Å². The van der Waals surface area contributed by atoms with Crippen LogP contribution in [-0.4, -0.2) is 72.7 Å². The molecule has 3 atom stereocenters. The van der Waals surface area contributed by atoms with Crippen molar-refractivity contribution in [2.24, 2.45) is 5.41 Å². The zero-order valence-electron chi connectivity index (χ0n) is 14.0. The molecule has 3 amide bonds. The van der Waals surface area contributed by atoms with Crippen LogP contribution in [0.5, 0.6) is 0 Å². The summed E-state index contributed by atoms with van der Waals surface area (Å²) in [6.45, 7) is 5.56. The summed E-state index contributed by atoms with van der Waals surface area (Å²) >= 11 is 0. The lowest BCUT2D eigenvalue weighted by Gasteiger charge is -2.30. The predicted octanol–water partition coefficient (Wildman–Crippen LogP) is -0.965. The molecule has 0 spiro atoms. The minimum atomic E-state index is -4.80. The van der Waals surface area contributed by atoms with Crippen molar-refractivity contribution in [2.45, 2.75) is 44.9 Å². The van der Waals surface area contributed by atoms with E-state index in [1.807, 2.05) is 13.8 Å². The third kappa shape index (κ3) is 3.72. The number of hydroxylamine groups is 3. The third-order valence-corrected chi connectivity index (χ3v) is 5.23. The Balaban J connectivity index is 1.61. The maximum atomic E-state index is 12.4. The van der Waals surface area contributed by atoms with Gasteiger partial charge in [0.2, 0.25) is 0 Å². The van der Waals surface area contributed by atoms with E-state index in [0.29, 0.717) is 24.4 Å². The topological polar surface area (TPSA) is 138 Å². The molecule has 0 aromatic carbocycles. The fraction of sp³-hybridized carbons (Fsp3) is 0.846. The molecule has 3 saturated heterocycles. The van der Waals surface area contributed by atoms with Crippen LogP contribution in [-0.2, 0) is 24.3 Å². The summed E-state index contributed by atoms with van der Waals surface area (Å²) in [7, 11) is -4.80. The van der Waals surface area contributed by atoms with E-state index in [-0.39, 0.29) is 18.1 Å². The Morgan fingerprint density at radius 2 is 2.12 bits per heavy atom. The molecule has 3 aliphatic rings. The minimum absolute atomic E-state index is 0.130. The Morgan fingerprint density at radius 3 is 2.72 bits per heavy atom. The van der Waals surface area contributed by atoms with Gasteiger partial charge < -0.3 is 10.2 Å². The number of carbonyl (C=O) groups is 2. The lowest BCUT2D eigenvalue weighted by atomic mass is 9.90. The largest absolute Gasteiger partial charge is 0.418 e. The summed E-state index contributed by atoms with van der Waals surface area (Å²) in [5.41, 5.74) is 2.29. The van der Waals surface area contributed by atoms with Crippen molar-refractivity contribution in [1.82, 2.24) is 20.8 Å². The van der Waals surface area contributed by atoms with Crippen LogP contribution in [0.2, 0.25) is 0 Å². The van der Waals surface area contributed by atoms with Crippen molar-refractivity contribution in [1.29, 1.82) is 0 Å². The number of hydrogen-bond acceptors (Lipinski definition) is 7. The van der Waals surface area contributed by atoms with Crippen molar-refractivity contribution in [3.8, 4) is 0 Å². The van der Waals surface area contributed by atoms with Gasteiger partial charge in [0.1, 0.15) is 12.1 Å². The van der Waals surface area contributed by atoms with Crippen LogP contribution in [0.25, 0.3) is 0 Å². The Morgan fingerprint density at radius 1 is 1.40 bits per heavy atom. The fourth-order valence-corrected chi connectivity index (χ4v) is 3.81. The number of hydrogen-bond donors (Lipinski definition) is 3. The minimum Gasteiger partial charge on any atom is -0.313 e. The van der Waals surface area contributed by atoms with E-state index in [0.717, 1.165) is 6.54 Å². The quantitative estimate of drug-likeness (QED) is 0.411. The first-order valence-electron chi connectivity index (χ1n) is 8.01. The van der Waals surface area contributed by atoms with Crippen molar-refractivity contribution in [3.05, 3.63) is 0 Å². The van der Waals surface area contributed by atoms with Gasteiger partial charge in [-0.1, -0.05) is 13.8 Å². The first kappa shape index (κ1) is 18.3. The Labute approximate surface area is 145 Å². The smallest absolute Gasteiger partial charge is 0.313 e. The molecule has 2 bridgehead atoms. The average Bonchev–Trinajstić information content (AvgIpc) is 2.96. The zero-order chi connectivity index (χ0) is 18.4. The van der Waals surface area contributed by atoms with Gasteiger partial charge >= 0.3 is 16.4 Å². The molecule has 0 aromatic rings. The van der Waals surface area contributed by atoms with E-state index in [1.165, 1.54) is 4.90 Å². The van der Waals surface area contributed by atoms with E-state index in [9.17, 15) is 18.0 Å². The molecule has 0 aliphatic carbocycles. The zero-order valence-corrected chi connectivity index (χ0v) is 14.8. The molecule has 0 radical (unpaired) electrons. The Kier molecular flexibility index (Phi) is 4.66. The molecule has 3 aliphatic heterocycles. The fourth-order valence-electron chi connectivity index (χ4n) is 3.42. The van der Waals surface area contributed by atoms with E-state index >= 15 is 0 Å². The van der Waals surface area contributed by atoms with Crippen LogP contribution in [0.3, 0.4) is 0 Å². The Hall–Kier alpha value is -1.47. The van der Waals surface area contributed by atoms with E-state index < -0.39 is 34.4 Å². The van der Waals surface area contributed by atoms with Crippen LogP contribution in [0, 0.1) is 5.41 Å². The number of carbonyl (C=O) groups excluding carboxylic acids is 2. The van der Waals surface area contributed by atoms with Gasteiger partial charge in [-0.15, -0.1) is 4.28 Å². The van der Waals surface area contributed by atoms with Gasteiger partial charge in [0, 0.05) is 25.0 Å². The number of amides is 3. The molecule has 3 rings (SSSR count). The molecule has 3 heterocycles. The molecule has 2 unspecified atom stereocenters. The second-order valence-corrected chi connectivity index (χ2v) is 8.21. The summed E-state index contributed by atoms with van der Waals surface area (Å²) in [5, 5.41) is 3.79. The molecule has 3 N–H and O–H groups in total. The van der Waals surface area contributed by atoms with E-state index in [4.69, 9.17) is 9.39 Å². The highest BCUT2D eigenvalue weighted by molar-refractivity contribution is 7.80. The molecular weight excluding hydrogens is 356 g/mol. The lowest BCUT2D eigenvalue weighted by molar-refractivity contribution is -0.147. The van der Waals surface area contributed by atoms with Crippen molar-refractivity contribution in [2.75, 3.05) is 19.6 Å². The monoisotopic (exact) mass is 378 g/mol. The van der Waals surface area contributed by atoms with Gasteiger partial charge in [-0.25, -0.2) is 10.3 Å². The van der Waals surface area contributed by atoms with Crippen LogP contribution in [0.4, 0.5) is 4.79 Å². The number of nitrogens with one attached hydrogen (secondary N) is 2. The predicted molar refractivity (Wildman–Crippen MR) is 83.1 cm³/mol. The summed E-state index contributed by atoms with van der Waals surface area (Å²) < 4.78 is 34.8. The second kappa shape index (κ2) is 6.36. The molecule has 3 fully saturated rings. The van der Waals surface area contributed by atoms with Crippen LogP contribution >= 0.6 is 0 Å². The van der Waals surface area contributed by atoms with Crippen LogP contribution in [0.15, 0.2) is 0 Å². The van der Waals surface area contributed by atoms with Crippen LogP contribution < -0.4 is 10.8 Å². The van der Waals surface area contributed by atoms with Gasteiger partial charge in [0.15, 0.2) is 0 Å². The summed E-state index contributed by atoms with van der Waals surface area (Å²) in [6, 6.07) is -2.09. The number of rotatable bonds is 5. The molecule has 12 heteroatoms. The molecule has 11 nitrogen and oxygen atoms in total. The standard InChI is InChI=1S/C13H22N4O7S/c1-13(2)7-14-5-10(13)23-15-11(18)9-4-3-8-6-16(9)12(19)17(8)24-25(20,21)22/h8-10,14H,3-7H2,1-2H3,(H,15,18)(H,20,21,22)/t8?,9-,10?/m0/s1. The SMILES string of the molecule is CC1(C)CNCC1ONC(=O)[C@@H]1CCC2CN1C(=O)N2OS(=O)(=O)O. The van der Waals surface area contributed by atoms with Crippen molar-refractivity contribution >= 4 is 22.3 Å². The molecule has 0 aromatic heterocycles. The van der Waals surface area contributed by atoms with E-state index in [1.54, 1.807) is 0 Å². The first-order chi connectivity index (χ1) is 11.6. The van der Waals surface area contributed by atoms with Crippen LogP contribution in [0.1, 0.15) is 26.7 Å². The van der Waals surface area contributed by atoms with Gasteiger partial charge in [0.05, 0.1) is 6.04 Å². The maximum absolute atomic E-state index is 12.4. The normalized spacial score (nSPS) is 31.5.